The molecule has 4 rings (SSSR count). The monoisotopic (exact) mass is 365 g/mol. The molecule has 0 saturated carbocycles. The van der Waals surface area contributed by atoms with Crippen LogP contribution in [0.5, 0.6) is 17.2 Å². The van der Waals surface area contributed by atoms with Crippen molar-refractivity contribution in [1.82, 2.24) is 15.2 Å². The number of hydrogen-bond donors (Lipinski definition) is 1. The average molecular weight is 365 g/mol. The van der Waals surface area contributed by atoms with Crippen LogP contribution in [0.25, 0.3) is 33.6 Å². The predicted octanol–water partition coefficient (Wildman–Crippen LogP) is 4.22. The molecule has 0 bridgehead atoms. The highest BCUT2D eigenvalue weighted by Crippen LogP contribution is 2.42. The van der Waals surface area contributed by atoms with Crippen molar-refractivity contribution < 1.29 is 18.6 Å². The second-order valence-electron chi connectivity index (χ2n) is 5.98. The lowest BCUT2D eigenvalue weighted by molar-refractivity contribution is 0.356. The van der Waals surface area contributed by atoms with Crippen LogP contribution in [-0.2, 0) is 0 Å². The first-order valence-electron chi connectivity index (χ1n) is 8.37. The van der Waals surface area contributed by atoms with Crippen molar-refractivity contribution in [3.05, 3.63) is 42.3 Å². The molecule has 0 unspecified atom stereocenters. The van der Waals surface area contributed by atoms with E-state index < -0.39 is 0 Å². The van der Waals surface area contributed by atoms with Crippen LogP contribution in [0.15, 0.2) is 40.8 Å². The van der Waals surface area contributed by atoms with Gasteiger partial charge in [0.1, 0.15) is 11.4 Å². The third-order valence-electron chi connectivity index (χ3n) is 4.42. The first kappa shape index (κ1) is 17.0. The number of ether oxygens (including phenoxy) is 3. The number of aromatic nitrogens is 3. The van der Waals surface area contributed by atoms with E-state index in [1.807, 2.05) is 36.4 Å². The molecule has 27 heavy (non-hydrogen) atoms. The number of aromatic amines is 1. The van der Waals surface area contributed by atoms with Gasteiger partial charge in [-0.2, -0.15) is 0 Å². The van der Waals surface area contributed by atoms with Gasteiger partial charge in [-0.25, -0.2) is 0 Å². The highest BCUT2D eigenvalue weighted by Gasteiger charge is 2.21. The van der Waals surface area contributed by atoms with E-state index in [1.165, 1.54) is 0 Å². The number of methoxy groups -OCH3 is 3. The summed E-state index contributed by atoms with van der Waals surface area (Å²) >= 11 is 0. The molecule has 0 radical (unpaired) electrons. The van der Waals surface area contributed by atoms with Crippen LogP contribution in [0.3, 0.4) is 0 Å². The highest BCUT2D eigenvalue weighted by molar-refractivity contribution is 6.04. The SMILES string of the molecule is COc1ccc(-c2c(-c3nnc(C)o3)[nH]c3cc(OC)c(OC)cc23)cc1. The molecule has 0 amide bonds. The van der Waals surface area contributed by atoms with Gasteiger partial charge in [-0.1, -0.05) is 12.1 Å². The summed E-state index contributed by atoms with van der Waals surface area (Å²) in [4.78, 5) is 3.38. The molecule has 0 saturated heterocycles. The first-order valence-corrected chi connectivity index (χ1v) is 8.37. The van der Waals surface area contributed by atoms with Gasteiger partial charge in [0.2, 0.25) is 5.89 Å². The maximum Gasteiger partial charge on any atom is 0.264 e. The van der Waals surface area contributed by atoms with Crippen molar-refractivity contribution in [2.45, 2.75) is 6.92 Å². The maximum absolute atomic E-state index is 5.68. The zero-order valence-electron chi connectivity index (χ0n) is 15.5. The van der Waals surface area contributed by atoms with Gasteiger partial charge in [-0.05, 0) is 23.8 Å². The number of benzene rings is 2. The minimum atomic E-state index is 0.424. The molecule has 4 aromatic rings. The molecule has 0 aliphatic rings. The fourth-order valence-electron chi connectivity index (χ4n) is 3.14. The number of aryl methyl sites for hydroxylation is 1. The standard InChI is InChI=1S/C20H19N3O4/c1-11-22-23-20(27-11)19-18(12-5-7-13(24-2)8-6-12)14-9-16(25-3)17(26-4)10-15(14)21-19/h5-10,21H,1-4H3. The molecule has 0 spiro atoms. The van der Waals surface area contributed by atoms with Gasteiger partial charge in [0, 0.05) is 23.9 Å². The van der Waals surface area contributed by atoms with Gasteiger partial charge in [0.05, 0.1) is 26.8 Å². The fourth-order valence-corrected chi connectivity index (χ4v) is 3.14. The van der Waals surface area contributed by atoms with Crippen molar-refractivity contribution in [2.75, 3.05) is 21.3 Å². The van der Waals surface area contributed by atoms with Crippen LogP contribution in [0.2, 0.25) is 0 Å². The number of rotatable bonds is 5. The lowest BCUT2D eigenvalue weighted by Gasteiger charge is -2.08. The Balaban J connectivity index is 2.02. The van der Waals surface area contributed by atoms with Gasteiger partial charge < -0.3 is 23.6 Å². The van der Waals surface area contributed by atoms with Gasteiger partial charge in [0.15, 0.2) is 11.5 Å². The number of hydrogen-bond acceptors (Lipinski definition) is 6. The number of nitrogens with one attached hydrogen (secondary N) is 1. The van der Waals surface area contributed by atoms with Crippen LogP contribution in [0, 0.1) is 6.92 Å². The van der Waals surface area contributed by atoms with Crippen LogP contribution in [0.1, 0.15) is 5.89 Å². The molecular weight excluding hydrogens is 346 g/mol. The molecule has 2 aromatic heterocycles. The lowest BCUT2D eigenvalue weighted by atomic mass is 10.0. The lowest BCUT2D eigenvalue weighted by Crippen LogP contribution is -1.90. The molecule has 1 N–H and O–H groups in total. The molecule has 2 heterocycles. The molecule has 138 valence electrons. The Morgan fingerprint density at radius 3 is 2.19 bits per heavy atom. The molecule has 7 heteroatoms. The Kier molecular flexibility index (Phi) is 4.19. The van der Waals surface area contributed by atoms with Crippen molar-refractivity contribution in [3.8, 4) is 40.0 Å². The third kappa shape index (κ3) is 2.87. The molecular formula is C20H19N3O4. The van der Waals surface area contributed by atoms with Crippen LogP contribution >= 0.6 is 0 Å². The summed E-state index contributed by atoms with van der Waals surface area (Å²) in [5.74, 6) is 2.99. The van der Waals surface area contributed by atoms with Crippen LogP contribution < -0.4 is 14.2 Å². The minimum absolute atomic E-state index is 0.424. The van der Waals surface area contributed by atoms with Crippen molar-refractivity contribution in [2.24, 2.45) is 0 Å². The van der Waals surface area contributed by atoms with Crippen LogP contribution in [0.4, 0.5) is 0 Å². The quantitative estimate of drug-likeness (QED) is 0.570. The zero-order valence-corrected chi connectivity index (χ0v) is 15.5. The first-order chi connectivity index (χ1) is 13.1. The summed E-state index contributed by atoms with van der Waals surface area (Å²) in [6.07, 6.45) is 0. The fraction of sp³-hybridized carbons (Fsp3) is 0.200. The topological polar surface area (TPSA) is 82.4 Å². The Morgan fingerprint density at radius 1 is 0.889 bits per heavy atom. The Hall–Kier alpha value is -3.48. The minimum Gasteiger partial charge on any atom is -0.497 e. The summed E-state index contributed by atoms with van der Waals surface area (Å²) in [6, 6.07) is 11.6. The molecule has 0 fully saturated rings. The molecule has 0 aliphatic heterocycles. The smallest absolute Gasteiger partial charge is 0.264 e. The number of H-pyrrole nitrogens is 1. The van der Waals surface area contributed by atoms with E-state index in [4.69, 9.17) is 18.6 Å². The summed E-state index contributed by atoms with van der Waals surface area (Å²) < 4.78 is 21.9. The normalized spacial score (nSPS) is 11.0. The van der Waals surface area contributed by atoms with E-state index in [2.05, 4.69) is 15.2 Å². The van der Waals surface area contributed by atoms with Crippen LogP contribution in [-0.4, -0.2) is 36.5 Å². The average Bonchev–Trinajstić information content (AvgIpc) is 3.29. The van der Waals surface area contributed by atoms with Crippen molar-refractivity contribution in [1.29, 1.82) is 0 Å². The summed E-state index contributed by atoms with van der Waals surface area (Å²) in [5.41, 5.74) is 3.55. The van der Waals surface area contributed by atoms with E-state index in [1.54, 1.807) is 28.3 Å². The Bertz CT molecular complexity index is 1100. The van der Waals surface area contributed by atoms with E-state index in [-0.39, 0.29) is 0 Å². The van der Waals surface area contributed by atoms with E-state index >= 15 is 0 Å². The second kappa shape index (κ2) is 6.68. The van der Waals surface area contributed by atoms with Crippen molar-refractivity contribution >= 4 is 10.9 Å². The Morgan fingerprint density at radius 2 is 1.59 bits per heavy atom. The zero-order chi connectivity index (χ0) is 19.0. The Labute approximate surface area is 155 Å². The number of fused-ring (bicyclic) bond motifs is 1. The predicted molar refractivity (Wildman–Crippen MR) is 101 cm³/mol. The summed E-state index contributed by atoms with van der Waals surface area (Å²) in [5, 5.41) is 9.10. The van der Waals surface area contributed by atoms with Gasteiger partial charge >= 0.3 is 0 Å². The third-order valence-corrected chi connectivity index (χ3v) is 4.42. The molecule has 0 aliphatic carbocycles. The maximum atomic E-state index is 5.68. The largest absolute Gasteiger partial charge is 0.497 e. The van der Waals surface area contributed by atoms with E-state index in [0.29, 0.717) is 23.3 Å². The van der Waals surface area contributed by atoms with E-state index in [9.17, 15) is 0 Å². The second-order valence-corrected chi connectivity index (χ2v) is 5.98. The van der Waals surface area contributed by atoms with Gasteiger partial charge in [-0.3, -0.25) is 0 Å². The van der Waals surface area contributed by atoms with Crippen molar-refractivity contribution in [3.63, 3.8) is 0 Å². The molecule has 7 nitrogen and oxygen atoms in total. The molecule has 0 atom stereocenters. The summed E-state index contributed by atoms with van der Waals surface area (Å²) in [6.45, 7) is 1.76. The number of nitrogens with zero attached hydrogens (tertiary/aromatic N) is 2. The van der Waals surface area contributed by atoms with Gasteiger partial charge in [-0.15, -0.1) is 10.2 Å². The van der Waals surface area contributed by atoms with Gasteiger partial charge in [0.25, 0.3) is 5.89 Å². The van der Waals surface area contributed by atoms with E-state index in [0.717, 1.165) is 33.5 Å². The molecule has 2 aromatic carbocycles. The highest BCUT2D eigenvalue weighted by atomic mass is 16.5. The summed E-state index contributed by atoms with van der Waals surface area (Å²) in [7, 11) is 4.87.